The fourth-order valence-electron chi connectivity index (χ4n) is 2.55. The molecule has 0 saturated heterocycles. The zero-order valence-electron chi connectivity index (χ0n) is 15.5. The lowest BCUT2D eigenvalue weighted by Gasteiger charge is -2.12. The number of hydrogen-bond acceptors (Lipinski definition) is 8. The molecule has 0 unspecified atom stereocenters. The summed E-state index contributed by atoms with van der Waals surface area (Å²) in [5.74, 6) is -0.463. The quantitative estimate of drug-likeness (QED) is 0.341. The van der Waals surface area contributed by atoms with Crippen LogP contribution in [-0.2, 0) is 4.74 Å². The first-order valence-electron chi connectivity index (χ1n) is 8.37. The summed E-state index contributed by atoms with van der Waals surface area (Å²) in [5.41, 5.74) is 1.85. The highest BCUT2D eigenvalue weighted by molar-refractivity contribution is 6.31. The predicted octanol–water partition coefficient (Wildman–Crippen LogP) is 4.62. The lowest BCUT2D eigenvalue weighted by atomic mass is 10.2. The zero-order chi connectivity index (χ0) is 21.0. The van der Waals surface area contributed by atoms with Crippen LogP contribution in [0.2, 0.25) is 5.02 Å². The summed E-state index contributed by atoms with van der Waals surface area (Å²) in [6.45, 7) is 1.79. The average Bonchev–Trinajstić information content (AvgIpc) is 2.71. The summed E-state index contributed by atoms with van der Waals surface area (Å²) in [6, 6.07) is 11.4. The standard InChI is InChI=1S/C19H16ClN5O4/c1-11-14(20)4-3-5-15(11)24-18-16(25(27)28)17(21-10-22-18)23-13-8-6-12(7-9-13)19(26)29-2/h3-10H,1-2H3,(H2,21,22,23,24). The van der Waals surface area contributed by atoms with E-state index in [4.69, 9.17) is 11.6 Å². The highest BCUT2D eigenvalue weighted by atomic mass is 35.5. The van der Waals surface area contributed by atoms with Gasteiger partial charge in [0, 0.05) is 16.4 Å². The monoisotopic (exact) mass is 413 g/mol. The number of nitrogens with zero attached hydrogens (tertiary/aromatic N) is 3. The Labute approximate surface area is 170 Å². The molecule has 1 aromatic heterocycles. The minimum Gasteiger partial charge on any atom is -0.465 e. The van der Waals surface area contributed by atoms with Crippen molar-refractivity contribution in [1.82, 2.24) is 9.97 Å². The normalized spacial score (nSPS) is 10.3. The Bertz CT molecular complexity index is 1070. The molecule has 2 aromatic carbocycles. The van der Waals surface area contributed by atoms with E-state index in [2.05, 4.69) is 25.3 Å². The van der Waals surface area contributed by atoms with Gasteiger partial charge in [0.15, 0.2) is 0 Å². The van der Waals surface area contributed by atoms with Crippen LogP contribution in [0.1, 0.15) is 15.9 Å². The fraction of sp³-hybridized carbons (Fsp3) is 0.105. The number of anilines is 4. The summed E-state index contributed by atoms with van der Waals surface area (Å²) in [4.78, 5) is 30.7. The number of methoxy groups -OCH3 is 1. The number of nitrogens with one attached hydrogen (secondary N) is 2. The smallest absolute Gasteiger partial charge is 0.353 e. The second-order valence-corrected chi connectivity index (χ2v) is 6.32. The molecule has 2 N–H and O–H groups in total. The van der Waals surface area contributed by atoms with Crippen molar-refractivity contribution in [3.8, 4) is 0 Å². The fourth-order valence-corrected chi connectivity index (χ4v) is 2.72. The number of halogens is 1. The summed E-state index contributed by atoms with van der Waals surface area (Å²) in [7, 11) is 1.29. The van der Waals surface area contributed by atoms with Gasteiger partial charge in [0.1, 0.15) is 6.33 Å². The molecule has 148 valence electrons. The van der Waals surface area contributed by atoms with Gasteiger partial charge in [-0.05, 0) is 48.9 Å². The van der Waals surface area contributed by atoms with Crippen molar-refractivity contribution in [1.29, 1.82) is 0 Å². The van der Waals surface area contributed by atoms with Crippen molar-refractivity contribution in [2.45, 2.75) is 6.92 Å². The first-order valence-corrected chi connectivity index (χ1v) is 8.75. The summed E-state index contributed by atoms with van der Waals surface area (Å²) in [6.07, 6.45) is 1.21. The van der Waals surface area contributed by atoms with Crippen LogP contribution >= 0.6 is 11.6 Å². The Kier molecular flexibility index (Phi) is 5.89. The highest BCUT2D eigenvalue weighted by Crippen LogP contribution is 2.34. The minimum absolute atomic E-state index is 0.00185. The van der Waals surface area contributed by atoms with E-state index in [-0.39, 0.29) is 17.3 Å². The minimum atomic E-state index is -0.576. The molecule has 0 aliphatic heterocycles. The maximum Gasteiger partial charge on any atom is 0.353 e. The molecule has 0 amide bonds. The van der Waals surface area contributed by atoms with Crippen molar-refractivity contribution in [2.24, 2.45) is 0 Å². The first kappa shape index (κ1) is 20.0. The molecule has 0 fully saturated rings. The highest BCUT2D eigenvalue weighted by Gasteiger charge is 2.24. The molecule has 9 nitrogen and oxygen atoms in total. The van der Waals surface area contributed by atoms with Gasteiger partial charge in [-0.25, -0.2) is 14.8 Å². The van der Waals surface area contributed by atoms with Gasteiger partial charge in [0.05, 0.1) is 17.6 Å². The van der Waals surface area contributed by atoms with E-state index in [1.54, 1.807) is 37.3 Å². The molecule has 0 bridgehead atoms. The van der Waals surface area contributed by atoms with Crippen LogP contribution in [0.25, 0.3) is 0 Å². The van der Waals surface area contributed by atoms with Gasteiger partial charge in [-0.2, -0.15) is 0 Å². The maximum absolute atomic E-state index is 11.7. The summed E-state index contributed by atoms with van der Waals surface area (Å²) < 4.78 is 4.65. The largest absolute Gasteiger partial charge is 0.465 e. The average molecular weight is 414 g/mol. The van der Waals surface area contributed by atoms with Crippen LogP contribution in [0.5, 0.6) is 0 Å². The molecule has 10 heteroatoms. The van der Waals surface area contributed by atoms with Crippen molar-refractivity contribution < 1.29 is 14.5 Å². The molecule has 0 aliphatic rings. The number of carbonyl (C=O) groups excluding carboxylic acids is 1. The molecule has 0 saturated carbocycles. The number of nitro groups is 1. The number of benzene rings is 2. The van der Waals surface area contributed by atoms with E-state index in [0.29, 0.717) is 22.0 Å². The van der Waals surface area contributed by atoms with Gasteiger partial charge in [-0.3, -0.25) is 10.1 Å². The number of hydrogen-bond donors (Lipinski definition) is 2. The van der Waals surface area contributed by atoms with Gasteiger partial charge in [0.2, 0.25) is 11.6 Å². The van der Waals surface area contributed by atoms with Gasteiger partial charge in [-0.15, -0.1) is 0 Å². The second-order valence-electron chi connectivity index (χ2n) is 5.91. The van der Waals surface area contributed by atoms with Gasteiger partial charge >= 0.3 is 11.7 Å². The Morgan fingerprint density at radius 1 is 1.10 bits per heavy atom. The number of rotatable bonds is 6. The van der Waals surface area contributed by atoms with Crippen molar-refractivity contribution in [2.75, 3.05) is 17.7 Å². The van der Waals surface area contributed by atoms with Gasteiger partial charge < -0.3 is 15.4 Å². The van der Waals surface area contributed by atoms with Crippen LogP contribution in [0, 0.1) is 17.0 Å². The van der Waals surface area contributed by atoms with E-state index in [1.807, 2.05) is 0 Å². The molecule has 1 heterocycles. The lowest BCUT2D eigenvalue weighted by molar-refractivity contribution is -0.383. The van der Waals surface area contributed by atoms with Crippen molar-refractivity contribution in [3.05, 3.63) is 75.1 Å². The molecule has 0 spiro atoms. The Balaban J connectivity index is 1.94. The number of esters is 1. The molecule has 3 rings (SSSR count). The van der Waals surface area contributed by atoms with Crippen LogP contribution < -0.4 is 10.6 Å². The van der Waals surface area contributed by atoms with E-state index in [1.165, 1.54) is 25.6 Å². The SMILES string of the molecule is COC(=O)c1ccc(Nc2ncnc(Nc3cccc(Cl)c3C)c2[N+](=O)[O-])cc1. The second kappa shape index (κ2) is 8.53. The molecular weight excluding hydrogens is 398 g/mol. The molecule has 29 heavy (non-hydrogen) atoms. The third kappa shape index (κ3) is 4.41. The zero-order valence-corrected chi connectivity index (χ0v) is 16.2. The molecule has 0 radical (unpaired) electrons. The number of ether oxygens (including phenoxy) is 1. The summed E-state index contributed by atoms with van der Waals surface area (Å²) in [5, 5.41) is 18.1. The van der Waals surface area contributed by atoms with E-state index in [0.717, 1.165) is 5.56 Å². The van der Waals surface area contributed by atoms with Crippen molar-refractivity contribution in [3.63, 3.8) is 0 Å². The van der Waals surface area contributed by atoms with E-state index < -0.39 is 10.9 Å². The number of aromatic nitrogens is 2. The van der Waals surface area contributed by atoms with E-state index >= 15 is 0 Å². The molecule has 0 aliphatic carbocycles. The molecule has 3 aromatic rings. The van der Waals surface area contributed by atoms with Crippen LogP contribution in [0.3, 0.4) is 0 Å². The summed E-state index contributed by atoms with van der Waals surface area (Å²) >= 11 is 6.11. The Hall–Kier alpha value is -3.72. The third-order valence-corrected chi connectivity index (χ3v) is 4.50. The van der Waals surface area contributed by atoms with E-state index in [9.17, 15) is 14.9 Å². The van der Waals surface area contributed by atoms with Crippen LogP contribution in [0.4, 0.5) is 28.7 Å². The lowest BCUT2D eigenvalue weighted by Crippen LogP contribution is -2.06. The number of carbonyl (C=O) groups is 1. The van der Waals surface area contributed by atoms with Gasteiger partial charge in [-0.1, -0.05) is 17.7 Å². The predicted molar refractivity (Wildman–Crippen MR) is 109 cm³/mol. The Morgan fingerprint density at radius 2 is 1.76 bits per heavy atom. The van der Waals surface area contributed by atoms with Crippen molar-refractivity contribution >= 4 is 46.3 Å². The topological polar surface area (TPSA) is 119 Å². The Morgan fingerprint density at radius 3 is 2.38 bits per heavy atom. The van der Waals surface area contributed by atoms with Crippen LogP contribution in [-0.4, -0.2) is 28.0 Å². The molecular formula is C19H16ClN5O4. The maximum atomic E-state index is 11.7. The molecule has 0 atom stereocenters. The third-order valence-electron chi connectivity index (χ3n) is 4.09. The van der Waals surface area contributed by atoms with Gasteiger partial charge in [0.25, 0.3) is 0 Å². The first-order chi connectivity index (χ1) is 13.9. The van der Waals surface area contributed by atoms with Crippen LogP contribution in [0.15, 0.2) is 48.8 Å².